The van der Waals surface area contributed by atoms with Crippen LogP contribution < -0.4 is 0 Å². The quantitative estimate of drug-likeness (QED) is 0.152. The zero-order valence-corrected chi connectivity index (χ0v) is 38.6. The van der Waals surface area contributed by atoms with E-state index >= 15 is 0 Å². The number of ketones is 4. The molecule has 300 valence electrons. The molecule has 54 heavy (non-hydrogen) atoms. The molecule has 0 unspecified atom stereocenters. The molecule has 0 aliphatic rings. The minimum Gasteiger partial charge on any atom is -0.300 e. The van der Waals surface area contributed by atoms with Gasteiger partial charge in [0.25, 0.3) is 0 Å². The van der Waals surface area contributed by atoms with Gasteiger partial charge >= 0.3 is 0 Å². The summed E-state index contributed by atoms with van der Waals surface area (Å²) in [5.74, 6) is 0.636. The lowest BCUT2D eigenvalue weighted by Gasteiger charge is -2.15. The fraction of sp³-hybridized carbons (Fsp3) is 0.650. The van der Waals surface area contributed by atoms with E-state index in [1.807, 2.05) is 12.4 Å². The molecule has 4 rings (SSSR count). The second-order valence-electron chi connectivity index (χ2n) is 17.9. The first-order chi connectivity index (χ1) is 24.5. The van der Waals surface area contributed by atoms with Gasteiger partial charge in [0.1, 0.15) is 53.2 Å². The zero-order valence-electron chi connectivity index (χ0n) is 35.3. The van der Waals surface area contributed by atoms with Gasteiger partial charge in [-0.2, -0.15) is 0 Å². The average molecular weight is 819 g/mol. The van der Waals surface area contributed by atoms with Crippen LogP contribution in [-0.4, -0.2) is 53.5 Å². The van der Waals surface area contributed by atoms with E-state index in [0.717, 1.165) is 42.9 Å². The van der Waals surface area contributed by atoms with Gasteiger partial charge in [-0.25, -0.2) is 9.97 Å². The summed E-state index contributed by atoms with van der Waals surface area (Å²) in [4.78, 5) is 54.3. The maximum absolute atomic E-state index is 10.9. The van der Waals surface area contributed by atoms with Gasteiger partial charge in [-0.3, -0.25) is 19.2 Å². The summed E-state index contributed by atoms with van der Waals surface area (Å²) in [7, 11) is 0. The highest BCUT2D eigenvalue weighted by Gasteiger charge is 2.20. The first-order valence-electron chi connectivity index (χ1n) is 18.0. The maximum atomic E-state index is 10.9. The SMILES string of the molecule is CC(=O)Cc1ncc(C(C)(C)C)s1.CC(=O)Cc1ncc(CC(C)(C)C)s1.CC(=O)Cc1nnc(C(C)(C)C)s1.CC(=O)Cc1nnc(CC(C)(C)C)s1. The van der Waals surface area contributed by atoms with Crippen molar-refractivity contribution in [3.8, 4) is 0 Å². The maximum Gasteiger partial charge on any atom is 0.136 e. The molecular weight excluding hydrogens is 757 g/mol. The Kier molecular flexibility index (Phi) is 19.4. The third-order valence-corrected chi connectivity index (χ3v) is 11.2. The van der Waals surface area contributed by atoms with E-state index in [0.29, 0.717) is 31.1 Å². The molecule has 0 fully saturated rings. The summed E-state index contributed by atoms with van der Waals surface area (Å²) < 4.78 is 0. The van der Waals surface area contributed by atoms with Crippen LogP contribution in [0.3, 0.4) is 0 Å². The molecule has 4 heterocycles. The fourth-order valence-electron chi connectivity index (χ4n) is 4.14. The van der Waals surface area contributed by atoms with Crippen molar-refractivity contribution in [1.29, 1.82) is 0 Å². The second kappa shape index (κ2) is 21.4. The van der Waals surface area contributed by atoms with Crippen LogP contribution in [0.15, 0.2) is 12.4 Å². The molecule has 0 bridgehead atoms. The summed E-state index contributed by atoms with van der Waals surface area (Å²) in [5.41, 5.74) is 0.701. The predicted molar refractivity (Wildman–Crippen MR) is 225 cm³/mol. The van der Waals surface area contributed by atoms with E-state index < -0.39 is 0 Å². The van der Waals surface area contributed by atoms with Gasteiger partial charge < -0.3 is 0 Å². The first kappa shape index (κ1) is 49.1. The van der Waals surface area contributed by atoms with Crippen molar-refractivity contribution in [3.05, 3.63) is 52.2 Å². The lowest BCUT2D eigenvalue weighted by molar-refractivity contribution is -0.117. The Morgan fingerprint density at radius 2 is 0.870 bits per heavy atom. The predicted octanol–water partition coefficient (Wildman–Crippen LogP) is 9.66. The smallest absolute Gasteiger partial charge is 0.136 e. The molecule has 0 radical (unpaired) electrons. The van der Waals surface area contributed by atoms with E-state index in [4.69, 9.17) is 0 Å². The van der Waals surface area contributed by atoms with Crippen molar-refractivity contribution >= 4 is 68.5 Å². The second-order valence-corrected chi connectivity index (χ2v) is 22.4. The molecule has 0 N–H and O–H groups in total. The van der Waals surface area contributed by atoms with Gasteiger partial charge in [0.05, 0.1) is 25.7 Å². The van der Waals surface area contributed by atoms with Crippen LogP contribution in [0.1, 0.15) is 151 Å². The Balaban J connectivity index is 0.000000360. The van der Waals surface area contributed by atoms with Crippen LogP contribution in [0.25, 0.3) is 0 Å². The Labute approximate surface area is 339 Å². The highest BCUT2D eigenvalue weighted by molar-refractivity contribution is 7.12. The van der Waals surface area contributed by atoms with Gasteiger partial charge in [-0.1, -0.05) is 83.1 Å². The topological polar surface area (TPSA) is 146 Å². The van der Waals surface area contributed by atoms with Gasteiger partial charge in [0.2, 0.25) is 0 Å². The Hall–Kier alpha value is -2.94. The number of hydrogen-bond donors (Lipinski definition) is 0. The summed E-state index contributed by atoms with van der Waals surface area (Å²) in [6, 6.07) is 0. The normalized spacial score (nSPS) is 11.7. The van der Waals surface area contributed by atoms with Crippen molar-refractivity contribution in [1.82, 2.24) is 30.4 Å². The highest BCUT2D eigenvalue weighted by atomic mass is 32.1. The van der Waals surface area contributed by atoms with E-state index in [9.17, 15) is 19.2 Å². The van der Waals surface area contributed by atoms with E-state index in [2.05, 4.69) is 113 Å². The summed E-state index contributed by atoms with van der Waals surface area (Å²) in [5, 5.41) is 21.6. The molecule has 14 heteroatoms. The minimum absolute atomic E-state index is 0.0344. The Bertz CT molecular complexity index is 1660. The van der Waals surface area contributed by atoms with E-state index in [1.165, 1.54) is 21.1 Å². The van der Waals surface area contributed by atoms with E-state index in [-0.39, 0.29) is 39.4 Å². The van der Waals surface area contributed by atoms with Crippen molar-refractivity contribution < 1.29 is 19.2 Å². The summed E-state index contributed by atoms with van der Waals surface area (Å²) in [6.45, 7) is 32.2. The Morgan fingerprint density at radius 1 is 0.463 bits per heavy atom. The summed E-state index contributed by atoms with van der Waals surface area (Å²) >= 11 is 6.36. The molecule has 4 aromatic heterocycles. The minimum atomic E-state index is 0.0344. The van der Waals surface area contributed by atoms with Crippen LogP contribution in [0.5, 0.6) is 0 Å². The summed E-state index contributed by atoms with van der Waals surface area (Å²) in [6.07, 6.45) is 7.51. The molecule has 0 aliphatic heterocycles. The number of Topliss-reactive ketones (excluding diaryl/α,β-unsaturated/α-hetero) is 4. The largest absolute Gasteiger partial charge is 0.300 e. The number of carbonyl (C=O) groups is 4. The molecular formula is C40H62N6O4S4. The molecule has 0 aromatic carbocycles. The number of thiazole rings is 2. The third-order valence-electron chi connectivity index (χ3n) is 6.50. The average Bonchev–Trinajstić information content (AvgIpc) is 3.76. The lowest BCUT2D eigenvalue weighted by atomic mass is 9.92. The van der Waals surface area contributed by atoms with Gasteiger partial charge in [0.15, 0.2) is 0 Å². The van der Waals surface area contributed by atoms with Gasteiger partial charge in [-0.15, -0.1) is 65.7 Å². The standard InChI is InChI=1S/C11H17NOS.C10H16N2OS.C10H15NOS.C9H14N2OS/c1-8(13)5-10-12-7-9(14-10)6-11(2,3)4;1-7(13)5-8-11-12-9(14-8)6-10(2,3)4;1-7(12)5-9-11-6-8(13-9)10(2,3)4;1-6(12)5-7-10-11-8(13-7)9(2,3)4/h7H,5-6H2,1-4H3;5-6H2,1-4H3;6H,5H2,1-4H3;5H2,1-4H3. The number of nitrogens with zero attached hydrogens (tertiary/aromatic N) is 6. The highest BCUT2D eigenvalue weighted by Crippen LogP contribution is 2.28. The van der Waals surface area contributed by atoms with Crippen molar-refractivity contribution in [2.24, 2.45) is 10.8 Å². The van der Waals surface area contributed by atoms with Crippen LogP contribution in [-0.2, 0) is 68.5 Å². The molecule has 4 aromatic rings. The number of rotatable bonds is 10. The zero-order chi connectivity index (χ0) is 41.7. The molecule has 0 atom stereocenters. The number of hydrogen-bond acceptors (Lipinski definition) is 14. The van der Waals surface area contributed by atoms with Crippen LogP contribution in [0.2, 0.25) is 0 Å². The van der Waals surface area contributed by atoms with Crippen molar-refractivity contribution in [2.75, 3.05) is 0 Å². The van der Waals surface area contributed by atoms with Crippen LogP contribution >= 0.6 is 45.3 Å². The van der Waals surface area contributed by atoms with Crippen molar-refractivity contribution in [3.63, 3.8) is 0 Å². The van der Waals surface area contributed by atoms with Gasteiger partial charge in [-0.05, 0) is 50.4 Å². The monoisotopic (exact) mass is 818 g/mol. The van der Waals surface area contributed by atoms with Crippen molar-refractivity contribution in [2.45, 2.75) is 160 Å². The van der Waals surface area contributed by atoms with Crippen LogP contribution in [0.4, 0.5) is 0 Å². The number of aromatic nitrogens is 6. The molecule has 0 saturated carbocycles. The third kappa shape index (κ3) is 22.4. The molecule has 0 spiro atoms. The molecule has 0 saturated heterocycles. The molecule has 10 nitrogen and oxygen atoms in total. The lowest BCUT2D eigenvalue weighted by Crippen LogP contribution is -2.10. The Morgan fingerprint density at radius 3 is 1.28 bits per heavy atom. The molecule has 0 amide bonds. The number of carbonyl (C=O) groups excluding carboxylic acids is 4. The fourth-order valence-corrected chi connectivity index (χ4v) is 8.66. The molecule has 0 aliphatic carbocycles. The van der Waals surface area contributed by atoms with Gasteiger partial charge in [0, 0.05) is 34.0 Å². The van der Waals surface area contributed by atoms with E-state index in [1.54, 1.807) is 61.7 Å². The van der Waals surface area contributed by atoms with Crippen LogP contribution in [0, 0.1) is 10.8 Å². The first-order valence-corrected chi connectivity index (χ1v) is 21.3.